The van der Waals surface area contributed by atoms with Crippen LogP contribution >= 0.6 is 0 Å². The molecule has 0 spiro atoms. The van der Waals surface area contributed by atoms with E-state index < -0.39 is 5.97 Å². The third-order valence-corrected chi connectivity index (χ3v) is 4.46. The molecule has 2 rings (SSSR count). The third kappa shape index (κ3) is 3.87. The Morgan fingerprint density at radius 3 is 2.35 bits per heavy atom. The summed E-state index contributed by atoms with van der Waals surface area (Å²) in [4.78, 5) is 27.0. The zero-order valence-electron chi connectivity index (χ0n) is 12.5. The Balaban J connectivity index is 1.83. The maximum atomic E-state index is 12.5. The van der Waals surface area contributed by atoms with Crippen molar-refractivity contribution in [2.75, 3.05) is 26.2 Å². The van der Waals surface area contributed by atoms with Crippen LogP contribution in [0.5, 0.6) is 0 Å². The summed E-state index contributed by atoms with van der Waals surface area (Å²) in [7, 11) is 0. The van der Waals surface area contributed by atoms with Crippen molar-refractivity contribution in [3.8, 4) is 0 Å². The Labute approximate surface area is 120 Å². The van der Waals surface area contributed by atoms with Crippen molar-refractivity contribution < 1.29 is 14.7 Å². The lowest BCUT2D eigenvalue weighted by molar-refractivity contribution is -0.137. The SMILES string of the molecule is CC1CC(C)CN(C(=O)N2CCC(CCC(=O)O)C2)C1. The fourth-order valence-corrected chi connectivity index (χ4v) is 3.59. The molecule has 2 aliphatic heterocycles. The molecule has 5 heteroatoms. The zero-order chi connectivity index (χ0) is 14.7. The normalized spacial score (nSPS) is 30.6. The van der Waals surface area contributed by atoms with E-state index in [1.165, 1.54) is 6.42 Å². The van der Waals surface area contributed by atoms with E-state index in [-0.39, 0.29) is 12.5 Å². The Morgan fingerprint density at radius 2 is 1.75 bits per heavy atom. The van der Waals surface area contributed by atoms with E-state index in [1.54, 1.807) is 0 Å². The molecule has 2 aliphatic rings. The van der Waals surface area contributed by atoms with Crippen molar-refractivity contribution in [3.63, 3.8) is 0 Å². The molecule has 0 saturated carbocycles. The van der Waals surface area contributed by atoms with Gasteiger partial charge in [-0.05, 0) is 37.0 Å². The Bertz CT molecular complexity index is 362. The van der Waals surface area contributed by atoms with Crippen LogP contribution in [0.4, 0.5) is 4.79 Å². The molecule has 1 N–H and O–H groups in total. The van der Waals surface area contributed by atoms with Gasteiger partial charge in [-0.1, -0.05) is 13.8 Å². The van der Waals surface area contributed by atoms with E-state index in [4.69, 9.17) is 5.11 Å². The topological polar surface area (TPSA) is 60.9 Å². The zero-order valence-corrected chi connectivity index (χ0v) is 12.5. The number of carboxylic acids is 1. The third-order valence-electron chi connectivity index (χ3n) is 4.46. The molecule has 0 bridgehead atoms. The van der Waals surface area contributed by atoms with Crippen LogP contribution in [0, 0.1) is 17.8 Å². The molecular weight excluding hydrogens is 256 g/mol. The number of carboxylic acid groups (broad SMARTS) is 1. The minimum Gasteiger partial charge on any atom is -0.481 e. The van der Waals surface area contributed by atoms with E-state index in [0.717, 1.165) is 32.6 Å². The van der Waals surface area contributed by atoms with Gasteiger partial charge in [0.25, 0.3) is 0 Å². The van der Waals surface area contributed by atoms with Crippen LogP contribution in [0.2, 0.25) is 0 Å². The second kappa shape index (κ2) is 6.46. The smallest absolute Gasteiger partial charge is 0.320 e. The summed E-state index contributed by atoms with van der Waals surface area (Å²) >= 11 is 0. The molecule has 0 aromatic rings. The highest BCUT2D eigenvalue weighted by Crippen LogP contribution is 2.25. The first-order valence-corrected chi connectivity index (χ1v) is 7.71. The average molecular weight is 282 g/mol. The highest BCUT2D eigenvalue weighted by Gasteiger charge is 2.32. The van der Waals surface area contributed by atoms with Crippen LogP contribution in [-0.4, -0.2) is 53.1 Å². The van der Waals surface area contributed by atoms with Crippen molar-refractivity contribution in [1.29, 1.82) is 0 Å². The molecule has 2 heterocycles. The lowest BCUT2D eigenvalue weighted by Gasteiger charge is -2.37. The summed E-state index contributed by atoms with van der Waals surface area (Å²) in [6.45, 7) is 7.64. The van der Waals surface area contributed by atoms with E-state index >= 15 is 0 Å². The monoisotopic (exact) mass is 282 g/mol. The number of rotatable bonds is 3. The minimum absolute atomic E-state index is 0.154. The molecule has 2 fully saturated rings. The van der Waals surface area contributed by atoms with Gasteiger partial charge in [-0.25, -0.2) is 4.79 Å². The van der Waals surface area contributed by atoms with Gasteiger partial charge in [-0.15, -0.1) is 0 Å². The highest BCUT2D eigenvalue weighted by molar-refractivity contribution is 5.75. The summed E-state index contributed by atoms with van der Waals surface area (Å²) < 4.78 is 0. The van der Waals surface area contributed by atoms with Gasteiger partial charge in [0.15, 0.2) is 0 Å². The van der Waals surface area contributed by atoms with Crippen molar-refractivity contribution in [1.82, 2.24) is 9.80 Å². The molecule has 0 aliphatic carbocycles. The summed E-state index contributed by atoms with van der Waals surface area (Å²) in [5.41, 5.74) is 0. The number of amides is 2. The van der Waals surface area contributed by atoms with Gasteiger partial charge in [0.05, 0.1) is 0 Å². The number of carbonyl (C=O) groups is 2. The van der Waals surface area contributed by atoms with E-state index in [0.29, 0.717) is 24.2 Å². The highest BCUT2D eigenvalue weighted by atomic mass is 16.4. The maximum Gasteiger partial charge on any atom is 0.320 e. The van der Waals surface area contributed by atoms with Gasteiger partial charge >= 0.3 is 12.0 Å². The molecule has 3 unspecified atom stereocenters. The van der Waals surface area contributed by atoms with Crippen molar-refractivity contribution in [2.45, 2.75) is 39.5 Å². The molecule has 20 heavy (non-hydrogen) atoms. The molecule has 0 aromatic heterocycles. The van der Waals surface area contributed by atoms with Crippen molar-refractivity contribution >= 4 is 12.0 Å². The number of aliphatic carboxylic acids is 1. The van der Waals surface area contributed by atoms with Crippen LogP contribution in [0.15, 0.2) is 0 Å². The number of piperidine rings is 1. The number of hydrogen-bond donors (Lipinski definition) is 1. The van der Waals surface area contributed by atoms with E-state index in [1.807, 2.05) is 9.80 Å². The van der Waals surface area contributed by atoms with Crippen LogP contribution in [0.3, 0.4) is 0 Å². The summed E-state index contributed by atoms with van der Waals surface area (Å²) in [5.74, 6) is 0.768. The Hall–Kier alpha value is -1.26. The van der Waals surface area contributed by atoms with Crippen molar-refractivity contribution in [2.24, 2.45) is 17.8 Å². The molecule has 2 saturated heterocycles. The summed E-state index contributed by atoms with van der Waals surface area (Å²) in [5, 5.41) is 8.72. The first-order chi connectivity index (χ1) is 9.45. The largest absolute Gasteiger partial charge is 0.481 e. The fraction of sp³-hybridized carbons (Fsp3) is 0.867. The molecule has 114 valence electrons. The molecular formula is C15H26N2O3. The van der Waals surface area contributed by atoms with Gasteiger partial charge in [-0.3, -0.25) is 4.79 Å². The van der Waals surface area contributed by atoms with Crippen LogP contribution in [-0.2, 0) is 4.79 Å². The molecule has 2 amide bonds. The second-order valence-corrected chi connectivity index (χ2v) is 6.67. The predicted molar refractivity (Wildman–Crippen MR) is 76.5 cm³/mol. The number of urea groups is 1. The lowest BCUT2D eigenvalue weighted by atomic mass is 9.92. The van der Waals surface area contributed by atoms with Gasteiger partial charge < -0.3 is 14.9 Å². The maximum absolute atomic E-state index is 12.5. The Kier molecular flexibility index (Phi) is 4.89. The Morgan fingerprint density at radius 1 is 1.10 bits per heavy atom. The van der Waals surface area contributed by atoms with Crippen molar-refractivity contribution in [3.05, 3.63) is 0 Å². The van der Waals surface area contributed by atoms with Gasteiger partial charge in [0.2, 0.25) is 0 Å². The standard InChI is InChI=1S/C15H26N2O3/c1-11-7-12(2)9-17(8-11)15(20)16-6-5-13(10-16)3-4-14(18)19/h11-13H,3-10H2,1-2H3,(H,18,19). The fourth-order valence-electron chi connectivity index (χ4n) is 3.59. The van der Waals surface area contributed by atoms with Crippen LogP contribution in [0.25, 0.3) is 0 Å². The number of hydrogen-bond acceptors (Lipinski definition) is 2. The van der Waals surface area contributed by atoms with Gasteiger partial charge in [0.1, 0.15) is 0 Å². The minimum atomic E-state index is -0.742. The molecule has 0 radical (unpaired) electrons. The number of likely N-dealkylation sites (tertiary alicyclic amines) is 2. The lowest BCUT2D eigenvalue weighted by Crippen LogP contribution is -2.48. The average Bonchev–Trinajstić information content (AvgIpc) is 2.83. The first-order valence-electron chi connectivity index (χ1n) is 7.71. The van der Waals surface area contributed by atoms with E-state index in [2.05, 4.69) is 13.8 Å². The molecule has 3 atom stereocenters. The van der Waals surface area contributed by atoms with Gasteiger partial charge in [0, 0.05) is 32.6 Å². The second-order valence-electron chi connectivity index (χ2n) is 6.67. The van der Waals surface area contributed by atoms with Crippen LogP contribution < -0.4 is 0 Å². The molecule has 5 nitrogen and oxygen atoms in total. The summed E-state index contributed by atoms with van der Waals surface area (Å²) in [6, 6.07) is 0.154. The molecule has 0 aromatic carbocycles. The quantitative estimate of drug-likeness (QED) is 0.863. The van der Waals surface area contributed by atoms with Crippen LogP contribution in [0.1, 0.15) is 39.5 Å². The van der Waals surface area contributed by atoms with E-state index in [9.17, 15) is 9.59 Å². The predicted octanol–water partition coefficient (Wildman–Crippen LogP) is 2.27. The first kappa shape index (κ1) is 15.1. The van der Waals surface area contributed by atoms with Gasteiger partial charge in [-0.2, -0.15) is 0 Å². The number of carbonyl (C=O) groups excluding carboxylic acids is 1. The summed E-state index contributed by atoms with van der Waals surface area (Å²) in [6.07, 6.45) is 3.04. The number of nitrogens with zero attached hydrogens (tertiary/aromatic N) is 2.